The van der Waals surface area contributed by atoms with Crippen LogP contribution in [0.5, 0.6) is 0 Å². The van der Waals surface area contributed by atoms with Crippen molar-refractivity contribution in [1.29, 1.82) is 0 Å². The minimum absolute atomic E-state index is 0.101. The number of benzene rings is 2. The summed E-state index contributed by atoms with van der Waals surface area (Å²) in [5, 5.41) is 0. The van der Waals surface area contributed by atoms with E-state index in [9.17, 15) is 4.39 Å². The minimum atomic E-state index is -0.101. The molecule has 0 saturated carbocycles. The van der Waals surface area contributed by atoms with Crippen LogP contribution in [0.2, 0.25) is 0 Å². The largest absolute Gasteiger partial charge is 0.296 e. The highest BCUT2D eigenvalue weighted by atomic mass is 19.1. The van der Waals surface area contributed by atoms with Crippen LogP contribution in [0, 0.1) is 12.7 Å². The Morgan fingerprint density at radius 3 is 2.21 bits per heavy atom. The van der Waals surface area contributed by atoms with Crippen LogP contribution in [0.25, 0.3) is 0 Å². The number of hydrogen-bond acceptors (Lipinski definition) is 2. The van der Waals surface area contributed by atoms with E-state index in [1.807, 2.05) is 19.1 Å². The molecule has 0 radical (unpaired) electrons. The molecule has 0 amide bonds. The van der Waals surface area contributed by atoms with Gasteiger partial charge in [-0.05, 0) is 43.5 Å². The van der Waals surface area contributed by atoms with Gasteiger partial charge in [-0.2, -0.15) is 0 Å². The van der Waals surface area contributed by atoms with E-state index in [2.05, 4.69) is 54.0 Å². The van der Waals surface area contributed by atoms with E-state index in [4.69, 9.17) is 0 Å². The summed E-state index contributed by atoms with van der Waals surface area (Å²) in [6, 6.07) is 17.2. The van der Waals surface area contributed by atoms with Crippen LogP contribution in [-0.4, -0.2) is 35.0 Å². The normalized spacial score (nSPS) is 22.7. The van der Waals surface area contributed by atoms with E-state index in [1.165, 1.54) is 5.56 Å². The van der Waals surface area contributed by atoms with E-state index in [1.54, 1.807) is 6.07 Å². The van der Waals surface area contributed by atoms with Crippen LogP contribution < -0.4 is 0 Å². The maximum absolute atomic E-state index is 13.8. The van der Waals surface area contributed by atoms with Gasteiger partial charge in [-0.15, -0.1) is 0 Å². The van der Waals surface area contributed by atoms with Crippen molar-refractivity contribution >= 4 is 0 Å². The molecule has 0 aromatic heterocycles. The molecule has 2 aromatic rings. The Morgan fingerprint density at radius 1 is 0.917 bits per heavy atom. The monoisotopic (exact) mass is 326 g/mol. The van der Waals surface area contributed by atoms with Crippen molar-refractivity contribution < 1.29 is 4.39 Å². The molecular formula is C21H27FN2. The molecule has 1 aliphatic rings. The molecule has 0 bridgehead atoms. The first-order valence-corrected chi connectivity index (χ1v) is 8.80. The molecule has 1 fully saturated rings. The Labute approximate surface area is 144 Å². The highest BCUT2D eigenvalue weighted by molar-refractivity contribution is 5.23. The molecule has 128 valence electrons. The lowest BCUT2D eigenvalue weighted by molar-refractivity contribution is 0.0290. The zero-order valence-corrected chi connectivity index (χ0v) is 14.9. The van der Waals surface area contributed by atoms with Crippen LogP contribution in [0.3, 0.4) is 0 Å². The predicted molar refractivity (Wildman–Crippen MR) is 97.3 cm³/mol. The summed E-state index contributed by atoms with van der Waals surface area (Å²) in [5.41, 5.74) is 3.15. The molecule has 2 atom stereocenters. The van der Waals surface area contributed by atoms with E-state index >= 15 is 0 Å². The second-order valence-corrected chi connectivity index (χ2v) is 7.13. The summed E-state index contributed by atoms with van der Waals surface area (Å²) >= 11 is 0. The number of nitrogens with zero attached hydrogens (tertiary/aromatic N) is 2. The minimum Gasteiger partial charge on any atom is -0.296 e. The summed E-state index contributed by atoms with van der Waals surface area (Å²) in [5.74, 6) is -0.101. The van der Waals surface area contributed by atoms with Crippen LogP contribution in [-0.2, 0) is 13.1 Å². The van der Waals surface area contributed by atoms with Gasteiger partial charge >= 0.3 is 0 Å². The lowest BCUT2D eigenvalue weighted by Gasteiger charge is -2.44. The van der Waals surface area contributed by atoms with Gasteiger partial charge in [0.2, 0.25) is 0 Å². The number of hydrogen-bond donors (Lipinski definition) is 0. The first-order chi connectivity index (χ1) is 11.5. The Kier molecular flexibility index (Phi) is 5.32. The maximum Gasteiger partial charge on any atom is 0.126 e. The smallest absolute Gasteiger partial charge is 0.126 e. The van der Waals surface area contributed by atoms with Gasteiger partial charge in [0, 0.05) is 38.3 Å². The van der Waals surface area contributed by atoms with Crippen molar-refractivity contribution in [3.8, 4) is 0 Å². The third-order valence-corrected chi connectivity index (χ3v) is 5.03. The second kappa shape index (κ2) is 7.45. The average Bonchev–Trinajstić information content (AvgIpc) is 2.55. The van der Waals surface area contributed by atoms with E-state index in [-0.39, 0.29) is 5.82 Å². The second-order valence-electron chi connectivity index (χ2n) is 7.13. The van der Waals surface area contributed by atoms with Gasteiger partial charge in [0.15, 0.2) is 0 Å². The van der Waals surface area contributed by atoms with E-state index < -0.39 is 0 Å². The van der Waals surface area contributed by atoms with Crippen molar-refractivity contribution in [3.63, 3.8) is 0 Å². The summed E-state index contributed by atoms with van der Waals surface area (Å²) in [6.45, 7) is 10.3. The zero-order valence-electron chi connectivity index (χ0n) is 14.9. The molecule has 1 heterocycles. The molecule has 0 spiro atoms. The molecule has 2 aromatic carbocycles. The molecule has 1 aliphatic heterocycles. The van der Waals surface area contributed by atoms with Gasteiger partial charge in [-0.25, -0.2) is 4.39 Å². The zero-order chi connectivity index (χ0) is 17.1. The SMILES string of the molecule is Cc1ccc(CN2CC(C)N(Cc3ccccc3)C(C)C2)cc1F. The first kappa shape index (κ1) is 17.1. The van der Waals surface area contributed by atoms with Crippen molar-refractivity contribution in [2.45, 2.75) is 45.9 Å². The fourth-order valence-electron chi connectivity index (χ4n) is 3.69. The maximum atomic E-state index is 13.8. The molecular weight excluding hydrogens is 299 g/mol. The third-order valence-electron chi connectivity index (χ3n) is 5.03. The Bertz CT molecular complexity index is 659. The van der Waals surface area contributed by atoms with Gasteiger partial charge in [0.1, 0.15) is 5.82 Å². The summed E-state index contributed by atoms with van der Waals surface area (Å²) < 4.78 is 13.8. The highest BCUT2D eigenvalue weighted by Crippen LogP contribution is 2.21. The molecule has 0 N–H and O–H groups in total. The molecule has 3 heteroatoms. The van der Waals surface area contributed by atoms with Gasteiger partial charge in [-0.3, -0.25) is 9.80 Å². The number of halogens is 1. The third kappa shape index (κ3) is 4.03. The van der Waals surface area contributed by atoms with Crippen molar-refractivity contribution in [2.24, 2.45) is 0 Å². The van der Waals surface area contributed by atoms with Crippen molar-refractivity contribution in [2.75, 3.05) is 13.1 Å². The van der Waals surface area contributed by atoms with Gasteiger partial charge < -0.3 is 0 Å². The molecule has 0 aliphatic carbocycles. The number of rotatable bonds is 4. The molecule has 2 nitrogen and oxygen atoms in total. The molecule has 3 rings (SSSR count). The average molecular weight is 326 g/mol. The molecule has 24 heavy (non-hydrogen) atoms. The van der Waals surface area contributed by atoms with Crippen molar-refractivity contribution in [3.05, 3.63) is 71.0 Å². The van der Waals surface area contributed by atoms with Crippen LogP contribution in [0.4, 0.5) is 4.39 Å². The van der Waals surface area contributed by atoms with Gasteiger partial charge in [0.25, 0.3) is 0 Å². The standard InChI is InChI=1S/C21H27FN2/c1-16-9-10-20(11-21(16)22)14-23-12-17(2)24(18(3)13-23)15-19-7-5-4-6-8-19/h4-11,17-18H,12-15H2,1-3H3. The Morgan fingerprint density at radius 2 is 1.58 bits per heavy atom. The van der Waals surface area contributed by atoms with E-state index in [0.717, 1.165) is 31.7 Å². The van der Waals surface area contributed by atoms with Gasteiger partial charge in [0.05, 0.1) is 0 Å². The summed E-state index contributed by atoms with van der Waals surface area (Å²) in [6.07, 6.45) is 0. The highest BCUT2D eigenvalue weighted by Gasteiger charge is 2.29. The van der Waals surface area contributed by atoms with Crippen LogP contribution in [0.15, 0.2) is 48.5 Å². The number of aryl methyl sites for hydroxylation is 1. The fraction of sp³-hybridized carbons (Fsp3) is 0.429. The first-order valence-electron chi connectivity index (χ1n) is 8.80. The van der Waals surface area contributed by atoms with Crippen LogP contribution >= 0.6 is 0 Å². The van der Waals surface area contributed by atoms with E-state index in [0.29, 0.717) is 17.6 Å². The fourth-order valence-corrected chi connectivity index (χ4v) is 3.69. The lowest BCUT2D eigenvalue weighted by atomic mass is 10.0. The Hall–Kier alpha value is -1.71. The Balaban J connectivity index is 1.63. The molecule has 2 unspecified atom stereocenters. The van der Waals surface area contributed by atoms with Crippen molar-refractivity contribution in [1.82, 2.24) is 9.80 Å². The summed E-state index contributed by atoms with van der Waals surface area (Å²) in [7, 11) is 0. The topological polar surface area (TPSA) is 6.48 Å². The van der Waals surface area contributed by atoms with Crippen LogP contribution in [0.1, 0.15) is 30.5 Å². The lowest BCUT2D eigenvalue weighted by Crippen LogP contribution is -2.55. The molecule has 1 saturated heterocycles. The van der Waals surface area contributed by atoms with Gasteiger partial charge in [-0.1, -0.05) is 42.5 Å². The number of piperazine rings is 1. The predicted octanol–water partition coefficient (Wildman–Crippen LogP) is 4.23. The quantitative estimate of drug-likeness (QED) is 0.829. The summed E-state index contributed by atoms with van der Waals surface area (Å²) in [4.78, 5) is 5.02.